The number of rotatable bonds is 2. The molecule has 0 aliphatic carbocycles. The summed E-state index contributed by atoms with van der Waals surface area (Å²) in [5.41, 5.74) is 4.26. The minimum Gasteiger partial charge on any atom is -0.402 e. The van der Waals surface area contributed by atoms with E-state index in [0.717, 1.165) is 17.0 Å². The molecule has 0 saturated carbocycles. The quantitative estimate of drug-likeness (QED) is 0.502. The van der Waals surface area contributed by atoms with Crippen LogP contribution < -0.4 is 4.57 Å². The van der Waals surface area contributed by atoms with Gasteiger partial charge in [0.05, 0.1) is 6.92 Å². The summed E-state index contributed by atoms with van der Waals surface area (Å²) in [6, 6.07) is 16.5. The lowest BCUT2D eigenvalue weighted by Gasteiger charge is -1.99. The highest BCUT2D eigenvalue weighted by molar-refractivity contribution is 5.78. The van der Waals surface area contributed by atoms with E-state index in [-0.39, 0.29) is 0 Å². The van der Waals surface area contributed by atoms with E-state index in [0.29, 0.717) is 6.54 Å². The van der Waals surface area contributed by atoms with Crippen molar-refractivity contribution in [1.82, 2.24) is 0 Å². The molecule has 2 nitrogen and oxygen atoms in total. The number of benzene rings is 2. The van der Waals surface area contributed by atoms with Gasteiger partial charge in [0.1, 0.15) is 0 Å². The summed E-state index contributed by atoms with van der Waals surface area (Å²) in [6.45, 7) is 2.45. The van der Waals surface area contributed by atoms with Crippen molar-refractivity contribution in [2.75, 3.05) is 0 Å². The maximum atomic E-state index is 5.71. The van der Waals surface area contributed by atoms with E-state index < -0.39 is 0 Å². The smallest absolute Gasteiger partial charge is 0.345 e. The molecule has 0 atom stereocenters. The molecular formula is C17H14NO+. The minimum atomic E-state index is 0.525. The van der Waals surface area contributed by atoms with Gasteiger partial charge in [0.25, 0.3) is 5.52 Å². The third-order valence-corrected chi connectivity index (χ3v) is 3.24. The van der Waals surface area contributed by atoms with Crippen LogP contribution >= 0.6 is 0 Å². The first kappa shape index (κ1) is 11.6. The molecule has 2 heteroatoms. The van der Waals surface area contributed by atoms with Crippen LogP contribution in [0.4, 0.5) is 0 Å². The molecule has 0 radical (unpaired) electrons. The van der Waals surface area contributed by atoms with Gasteiger partial charge < -0.3 is 4.42 Å². The molecule has 1 heterocycles. The first-order valence-corrected chi connectivity index (χ1v) is 6.21. The summed E-state index contributed by atoms with van der Waals surface area (Å²) < 4.78 is 7.73. The van der Waals surface area contributed by atoms with Gasteiger partial charge in [0, 0.05) is 6.07 Å². The lowest BCUT2D eigenvalue weighted by atomic mass is 10.1. The van der Waals surface area contributed by atoms with E-state index >= 15 is 0 Å². The van der Waals surface area contributed by atoms with Crippen LogP contribution in [0.25, 0.3) is 22.2 Å². The highest BCUT2D eigenvalue weighted by Gasteiger charge is 2.18. The number of aryl methyl sites for hydroxylation is 1. The van der Waals surface area contributed by atoms with E-state index in [1.807, 2.05) is 35.8 Å². The Morgan fingerprint density at radius 1 is 1.11 bits per heavy atom. The Morgan fingerprint density at radius 3 is 2.63 bits per heavy atom. The van der Waals surface area contributed by atoms with Crippen LogP contribution in [0.15, 0.2) is 52.9 Å². The predicted molar refractivity (Wildman–Crippen MR) is 75.4 cm³/mol. The zero-order valence-electron chi connectivity index (χ0n) is 10.8. The molecule has 0 N–H and O–H groups in total. The fourth-order valence-electron chi connectivity index (χ4n) is 2.30. The normalized spacial score (nSPS) is 10.5. The highest BCUT2D eigenvalue weighted by atomic mass is 16.3. The monoisotopic (exact) mass is 248 g/mol. The molecule has 0 aliphatic heterocycles. The fourth-order valence-corrected chi connectivity index (χ4v) is 2.30. The number of terminal acetylenes is 1. The molecule has 0 fully saturated rings. The van der Waals surface area contributed by atoms with Crippen LogP contribution in [-0.2, 0) is 6.54 Å². The largest absolute Gasteiger partial charge is 0.402 e. The number of oxazole rings is 1. The summed E-state index contributed by atoms with van der Waals surface area (Å²) in [5, 5.41) is 0. The fraction of sp³-hybridized carbons (Fsp3) is 0.118. The van der Waals surface area contributed by atoms with Crippen molar-refractivity contribution in [1.29, 1.82) is 0 Å². The summed E-state index contributed by atoms with van der Waals surface area (Å²) >= 11 is 0. The lowest BCUT2D eigenvalue weighted by molar-refractivity contribution is -0.670. The Kier molecular flexibility index (Phi) is 2.81. The van der Waals surface area contributed by atoms with Gasteiger partial charge in [-0.25, -0.2) is 0 Å². The van der Waals surface area contributed by atoms with Crippen LogP contribution in [0.2, 0.25) is 0 Å². The van der Waals surface area contributed by atoms with Gasteiger partial charge in [-0.3, -0.25) is 0 Å². The van der Waals surface area contributed by atoms with E-state index in [1.165, 1.54) is 11.1 Å². The molecule has 0 spiro atoms. The molecule has 3 aromatic rings. The van der Waals surface area contributed by atoms with Crippen LogP contribution in [0.5, 0.6) is 0 Å². The van der Waals surface area contributed by atoms with Crippen molar-refractivity contribution in [2.24, 2.45) is 0 Å². The van der Waals surface area contributed by atoms with Gasteiger partial charge in [-0.2, -0.15) is 0 Å². The Labute approximate surface area is 112 Å². The van der Waals surface area contributed by atoms with Gasteiger partial charge in [0.15, 0.2) is 0 Å². The lowest BCUT2D eigenvalue weighted by Crippen LogP contribution is -2.34. The molecule has 1 aromatic heterocycles. The van der Waals surface area contributed by atoms with E-state index in [4.69, 9.17) is 10.8 Å². The first-order valence-electron chi connectivity index (χ1n) is 6.21. The Bertz CT molecular complexity index is 763. The minimum absolute atomic E-state index is 0.525. The summed E-state index contributed by atoms with van der Waals surface area (Å²) in [5.74, 6) is 3.50. The molecule has 3 rings (SSSR count). The molecule has 0 amide bonds. The van der Waals surface area contributed by atoms with Crippen molar-refractivity contribution in [3.05, 3.63) is 54.4 Å². The molecule has 0 aliphatic rings. The summed E-state index contributed by atoms with van der Waals surface area (Å²) in [4.78, 5) is 0. The van der Waals surface area contributed by atoms with Gasteiger partial charge in [-0.15, -0.1) is 11.0 Å². The standard InChI is InChI=1S/C17H14NO/c1-3-11-18-13(2)19-17-10-9-15(12-16(17)18)14-7-5-4-6-8-14/h1,4-10,12H,11H2,2H3/q+1. The van der Waals surface area contributed by atoms with Gasteiger partial charge >= 0.3 is 5.89 Å². The molecule has 0 bridgehead atoms. The zero-order chi connectivity index (χ0) is 13.2. The van der Waals surface area contributed by atoms with E-state index in [2.05, 4.69) is 30.2 Å². The number of aromatic nitrogens is 1. The van der Waals surface area contributed by atoms with E-state index in [1.54, 1.807) is 0 Å². The van der Waals surface area contributed by atoms with Crippen molar-refractivity contribution in [3.63, 3.8) is 0 Å². The second-order valence-electron chi connectivity index (χ2n) is 4.46. The average Bonchev–Trinajstić information content (AvgIpc) is 2.76. The SMILES string of the molecule is C#CC[n+]1c(C)oc2ccc(-c3ccccc3)cc21. The number of hydrogen-bond acceptors (Lipinski definition) is 1. The molecule has 2 aromatic carbocycles. The van der Waals surface area contributed by atoms with E-state index in [9.17, 15) is 0 Å². The second-order valence-corrected chi connectivity index (χ2v) is 4.46. The number of nitrogens with zero attached hydrogens (tertiary/aromatic N) is 1. The Hall–Kier alpha value is -2.53. The van der Waals surface area contributed by atoms with Gasteiger partial charge in [-0.05, 0) is 23.1 Å². The van der Waals surface area contributed by atoms with Crippen LogP contribution in [0.1, 0.15) is 5.89 Å². The Morgan fingerprint density at radius 2 is 1.89 bits per heavy atom. The topological polar surface area (TPSA) is 17.0 Å². The molecular weight excluding hydrogens is 234 g/mol. The first-order chi connectivity index (χ1) is 9.29. The predicted octanol–water partition coefficient (Wildman–Crippen LogP) is 3.33. The summed E-state index contributed by atoms with van der Waals surface area (Å²) in [6.07, 6.45) is 5.42. The van der Waals surface area contributed by atoms with Crippen molar-refractivity contribution < 1.29 is 8.98 Å². The Balaban J connectivity index is 2.20. The van der Waals surface area contributed by atoms with Gasteiger partial charge in [0.2, 0.25) is 12.1 Å². The molecule has 19 heavy (non-hydrogen) atoms. The van der Waals surface area contributed by atoms with Gasteiger partial charge in [-0.1, -0.05) is 36.4 Å². The highest BCUT2D eigenvalue weighted by Crippen LogP contribution is 2.23. The molecule has 92 valence electrons. The van der Waals surface area contributed by atoms with Crippen LogP contribution in [-0.4, -0.2) is 0 Å². The second kappa shape index (κ2) is 4.62. The molecule has 0 unspecified atom stereocenters. The maximum absolute atomic E-state index is 5.71. The average molecular weight is 248 g/mol. The van der Waals surface area contributed by atoms with Crippen molar-refractivity contribution in [3.8, 4) is 23.5 Å². The van der Waals surface area contributed by atoms with Crippen LogP contribution in [0, 0.1) is 19.3 Å². The third kappa shape index (κ3) is 2.00. The van der Waals surface area contributed by atoms with Crippen molar-refractivity contribution >= 4 is 11.1 Å². The maximum Gasteiger partial charge on any atom is 0.345 e. The third-order valence-electron chi connectivity index (χ3n) is 3.24. The molecule has 0 saturated heterocycles. The van der Waals surface area contributed by atoms with Crippen molar-refractivity contribution in [2.45, 2.75) is 13.5 Å². The zero-order valence-corrected chi connectivity index (χ0v) is 10.8. The number of hydrogen-bond donors (Lipinski definition) is 0. The van der Waals surface area contributed by atoms with Crippen LogP contribution in [0.3, 0.4) is 0 Å². The summed E-state index contributed by atoms with van der Waals surface area (Å²) in [7, 11) is 0. The number of fused-ring (bicyclic) bond motifs is 1.